The highest BCUT2D eigenvalue weighted by Gasteiger charge is 2.41. The lowest BCUT2D eigenvalue weighted by Gasteiger charge is -2.34. The van der Waals surface area contributed by atoms with Crippen LogP contribution in [0.25, 0.3) is 0 Å². The van der Waals surface area contributed by atoms with Gasteiger partial charge in [0, 0.05) is 31.3 Å². The van der Waals surface area contributed by atoms with E-state index in [2.05, 4.69) is 0 Å². The largest absolute Gasteiger partial charge is 0.480 e. The van der Waals surface area contributed by atoms with Gasteiger partial charge in [0.2, 0.25) is 11.8 Å². The first kappa shape index (κ1) is 17.3. The third-order valence-corrected chi connectivity index (χ3v) is 4.33. The average Bonchev–Trinajstić information content (AvgIpc) is 2.95. The minimum atomic E-state index is -1.18. The van der Waals surface area contributed by atoms with Crippen molar-refractivity contribution in [3.8, 4) is 0 Å². The van der Waals surface area contributed by atoms with E-state index in [0.717, 1.165) is 17.0 Å². The van der Waals surface area contributed by atoms with Crippen molar-refractivity contribution in [2.24, 2.45) is 5.92 Å². The second-order valence-corrected chi connectivity index (χ2v) is 5.99. The summed E-state index contributed by atoms with van der Waals surface area (Å²) in [7, 11) is 0. The number of halogens is 2. The molecule has 9 heteroatoms. The van der Waals surface area contributed by atoms with E-state index in [4.69, 9.17) is 4.74 Å². The summed E-state index contributed by atoms with van der Waals surface area (Å²) >= 11 is 0. The summed E-state index contributed by atoms with van der Waals surface area (Å²) in [6.45, 7) is 0.176. The van der Waals surface area contributed by atoms with Gasteiger partial charge in [-0.05, 0) is 12.1 Å². The van der Waals surface area contributed by atoms with Gasteiger partial charge in [0.15, 0.2) is 6.04 Å². The van der Waals surface area contributed by atoms with Gasteiger partial charge >= 0.3 is 5.97 Å². The number of hydrogen-bond donors (Lipinski definition) is 1. The van der Waals surface area contributed by atoms with Gasteiger partial charge in [0.1, 0.15) is 11.6 Å². The monoisotopic (exact) mass is 354 g/mol. The smallest absolute Gasteiger partial charge is 0.328 e. The minimum absolute atomic E-state index is 0.0366. The van der Waals surface area contributed by atoms with Crippen LogP contribution in [-0.2, 0) is 19.1 Å². The van der Waals surface area contributed by atoms with E-state index in [1.165, 1.54) is 4.90 Å². The van der Waals surface area contributed by atoms with Crippen molar-refractivity contribution in [1.82, 2.24) is 4.90 Å². The van der Waals surface area contributed by atoms with Gasteiger partial charge in [-0.25, -0.2) is 13.6 Å². The summed E-state index contributed by atoms with van der Waals surface area (Å²) in [6, 6.07) is 1.63. The summed E-state index contributed by atoms with van der Waals surface area (Å²) in [5, 5.41) is 9.21. The number of carboxylic acids is 1. The van der Waals surface area contributed by atoms with Crippen LogP contribution in [0.2, 0.25) is 0 Å². The topological polar surface area (TPSA) is 87.1 Å². The van der Waals surface area contributed by atoms with E-state index in [1.807, 2.05) is 0 Å². The Morgan fingerprint density at radius 3 is 2.52 bits per heavy atom. The molecule has 1 N–H and O–H groups in total. The van der Waals surface area contributed by atoms with E-state index >= 15 is 0 Å². The number of hydrogen-bond acceptors (Lipinski definition) is 4. The lowest BCUT2D eigenvalue weighted by Crippen LogP contribution is -2.54. The minimum Gasteiger partial charge on any atom is -0.480 e. The van der Waals surface area contributed by atoms with Crippen molar-refractivity contribution in [2.45, 2.75) is 12.5 Å². The van der Waals surface area contributed by atoms with Crippen molar-refractivity contribution in [1.29, 1.82) is 0 Å². The maximum absolute atomic E-state index is 13.4. The first-order valence-electron chi connectivity index (χ1n) is 7.74. The molecular formula is C16H16F2N2O5. The highest BCUT2D eigenvalue weighted by Crippen LogP contribution is 2.28. The van der Waals surface area contributed by atoms with Crippen molar-refractivity contribution in [3.05, 3.63) is 29.8 Å². The van der Waals surface area contributed by atoms with Crippen LogP contribution in [0.1, 0.15) is 6.42 Å². The third kappa shape index (κ3) is 3.46. The number of benzene rings is 1. The van der Waals surface area contributed by atoms with Gasteiger partial charge in [0.05, 0.1) is 19.1 Å². The number of carbonyl (C=O) groups is 3. The molecule has 0 spiro atoms. The molecule has 25 heavy (non-hydrogen) atoms. The molecule has 7 nitrogen and oxygen atoms in total. The van der Waals surface area contributed by atoms with Crippen LogP contribution in [0.3, 0.4) is 0 Å². The van der Waals surface area contributed by atoms with Gasteiger partial charge in [-0.3, -0.25) is 9.59 Å². The Morgan fingerprint density at radius 1 is 1.20 bits per heavy atom. The van der Waals surface area contributed by atoms with Gasteiger partial charge in [-0.15, -0.1) is 0 Å². The molecule has 2 fully saturated rings. The zero-order valence-corrected chi connectivity index (χ0v) is 13.2. The van der Waals surface area contributed by atoms with Gasteiger partial charge in [0.25, 0.3) is 0 Å². The first-order valence-corrected chi connectivity index (χ1v) is 7.74. The fourth-order valence-corrected chi connectivity index (χ4v) is 3.12. The van der Waals surface area contributed by atoms with E-state index < -0.39 is 41.4 Å². The number of amides is 2. The Bertz CT molecular complexity index is 706. The fraction of sp³-hybridized carbons (Fsp3) is 0.438. The summed E-state index contributed by atoms with van der Waals surface area (Å²) in [6.07, 6.45) is -0.138. The Morgan fingerprint density at radius 2 is 1.88 bits per heavy atom. The molecule has 1 aromatic rings. The molecule has 0 aliphatic carbocycles. The number of carboxylic acid groups (broad SMARTS) is 1. The molecule has 0 radical (unpaired) electrons. The van der Waals surface area contributed by atoms with Crippen LogP contribution in [0, 0.1) is 17.6 Å². The zero-order chi connectivity index (χ0) is 18.1. The van der Waals surface area contributed by atoms with Crippen molar-refractivity contribution >= 4 is 23.5 Å². The molecule has 1 aromatic carbocycles. The summed E-state index contributed by atoms with van der Waals surface area (Å²) in [5.74, 6) is -4.50. The van der Waals surface area contributed by atoms with Crippen LogP contribution in [0.4, 0.5) is 14.5 Å². The Hall–Kier alpha value is -2.55. The molecule has 2 aliphatic rings. The number of nitrogens with zero attached hydrogens (tertiary/aromatic N) is 2. The van der Waals surface area contributed by atoms with E-state index in [-0.39, 0.29) is 38.4 Å². The van der Waals surface area contributed by atoms with Crippen molar-refractivity contribution in [2.75, 3.05) is 31.2 Å². The molecule has 0 bridgehead atoms. The quantitative estimate of drug-likeness (QED) is 0.860. The number of ether oxygens (including phenoxy) is 1. The Balaban J connectivity index is 1.77. The maximum atomic E-state index is 13.4. The predicted octanol–water partition coefficient (Wildman–Crippen LogP) is 0.630. The third-order valence-electron chi connectivity index (χ3n) is 4.33. The highest BCUT2D eigenvalue weighted by molar-refractivity contribution is 6.00. The molecule has 2 aliphatic heterocycles. The highest BCUT2D eigenvalue weighted by atomic mass is 19.1. The molecule has 2 unspecified atom stereocenters. The molecule has 2 atom stereocenters. The van der Waals surface area contributed by atoms with Gasteiger partial charge < -0.3 is 19.6 Å². The summed E-state index contributed by atoms with van der Waals surface area (Å²) < 4.78 is 31.8. The second kappa shape index (κ2) is 6.75. The second-order valence-electron chi connectivity index (χ2n) is 5.99. The molecule has 134 valence electrons. The normalized spacial score (nSPS) is 23.8. The first-order chi connectivity index (χ1) is 11.9. The van der Waals surface area contributed by atoms with E-state index in [0.29, 0.717) is 6.07 Å². The average molecular weight is 354 g/mol. The Kier molecular flexibility index (Phi) is 4.67. The van der Waals surface area contributed by atoms with Crippen LogP contribution >= 0.6 is 0 Å². The fourth-order valence-electron chi connectivity index (χ4n) is 3.12. The maximum Gasteiger partial charge on any atom is 0.328 e. The molecular weight excluding hydrogens is 338 g/mol. The van der Waals surface area contributed by atoms with Gasteiger partial charge in [-0.1, -0.05) is 0 Å². The molecule has 3 rings (SSSR count). The lowest BCUT2D eigenvalue weighted by atomic mass is 10.1. The predicted molar refractivity (Wildman–Crippen MR) is 80.8 cm³/mol. The number of rotatable bonds is 3. The van der Waals surface area contributed by atoms with Crippen LogP contribution in [0.5, 0.6) is 0 Å². The molecule has 2 saturated heterocycles. The SMILES string of the molecule is O=C(O)C1COCCN1C(=O)C1CC(=O)N(c2cc(F)cc(F)c2)C1. The number of carbonyl (C=O) groups excluding carboxylic acids is 2. The zero-order valence-electron chi connectivity index (χ0n) is 13.2. The number of aliphatic carboxylic acids is 1. The van der Waals surface area contributed by atoms with Crippen molar-refractivity contribution in [3.63, 3.8) is 0 Å². The van der Waals surface area contributed by atoms with Gasteiger partial charge in [-0.2, -0.15) is 0 Å². The lowest BCUT2D eigenvalue weighted by molar-refractivity contribution is -0.160. The number of morpholine rings is 1. The molecule has 0 aromatic heterocycles. The van der Waals surface area contributed by atoms with Crippen molar-refractivity contribution < 1.29 is 33.0 Å². The number of anilines is 1. The molecule has 0 saturated carbocycles. The molecule has 2 amide bonds. The van der Waals surface area contributed by atoms with Crippen LogP contribution < -0.4 is 4.90 Å². The Labute approximate surface area is 141 Å². The summed E-state index contributed by atoms with van der Waals surface area (Å²) in [4.78, 5) is 38.4. The van der Waals surface area contributed by atoms with Crippen LogP contribution in [-0.4, -0.2) is 60.1 Å². The van der Waals surface area contributed by atoms with E-state index in [9.17, 15) is 28.3 Å². The summed E-state index contributed by atoms with van der Waals surface area (Å²) in [5.41, 5.74) is 0.0366. The molecule has 2 heterocycles. The van der Waals surface area contributed by atoms with E-state index in [1.54, 1.807) is 0 Å². The standard InChI is InChI=1S/C16H16F2N2O5/c17-10-4-11(18)6-12(5-10)20-7-9(3-14(20)21)15(22)19-1-2-25-8-13(19)16(23)24/h4-6,9,13H,1-3,7-8H2,(H,23,24). The van der Waals surface area contributed by atoms with Crippen LogP contribution in [0.15, 0.2) is 18.2 Å².